The zero-order chi connectivity index (χ0) is 18.9. The van der Waals surface area contributed by atoms with E-state index in [1.165, 1.54) is 4.70 Å². The van der Waals surface area contributed by atoms with Gasteiger partial charge in [0.25, 0.3) is 0 Å². The largest absolute Gasteiger partial charge is 0.324 e. The highest BCUT2D eigenvalue weighted by molar-refractivity contribution is 7.18. The molecule has 1 N–H and O–H groups in total. The van der Waals surface area contributed by atoms with E-state index in [0.29, 0.717) is 6.54 Å². The van der Waals surface area contributed by atoms with Crippen molar-refractivity contribution in [3.8, 4) is 0 Å². The van der Waals surface area contributed by atoms with Crippen molar-refractivity contribution in [2.24, 2.45) is 0 Å². The van der Waals surface area contributed by atoms with Gasteiger partial charge in [0, 0.05) is 11.1 Å². The zero-order valence-electron chi connectivity index (χ0n) is 15.5. The summed E-state index contributed by atoms with van der Waals surface area (Å²) in [6.07, 6.45) is 2.16. The van der Waals surface area contributed by atoms with E-state index in [2.05, 4.69) is 34.5 Å². The molecule has 3 aromatic carbocycles. The number of thiazole rings is 1. The highest BCUT2D eigenvalue weighted by Crippen LogP contribution is 2.36. The molecule has 4 nitrogen and oxygen atoms in total. The molecule has 1 saturated heterocycles. The minimum atomic E-state index is 0.0318. The molecule has 140 valence electrons. The Hall–Kier alpha value is -2.76. The van der Waals surface area contributed by atoms with Crippen LogP contribution in [0.1, 0.15) is 23.9 Å². The van der Waals surface area contributed by atoms with Crippen molar-refractivity contribution in [3.05, 3.63) is 71.7 Å². The highest BCUT2D eigenvalue weighted by Gasteiger charge is 2.30. The number of amides is 1. The summed E-state index contributed by atoms with van der Waals surface area (Å²) < 4.78 is 1.21. The van der Waals surface area contributed by atoms with Gasteiger partial charge < -0.3 is 5.32 Å². The molecule has 0 unspecified atom stereocenters. The maximum Gasteiger partial charge on any atom is 0.238 e. The summed E-state index contributed by atoms with van der Waals surface area (Å²) >= 11 is 1.75. The Morgan fingerprint density at radius 2 is 1.89 bits per heavy atom. The van der Waals surface area contributed by atoms with E-state index in [-0.39, 0.29) is 11.9 Å². The molecular formula is C23H21N3OS. The van der Waals surface area contributed by atoms with Crippen LogP contribution >= 0.6 is 11.3 Å². The molecule has 28 heavy (non-hydrogen) atoms. The molecule has 0 bridgehead atoms. The first-order valence-electron chi connectivity index (χ1n) is 9.65. The molecule has 1 fully saturated rings. The molecule has 2 heterocycles. The third-order valence-corrected chi connectivity index (χ3v) is 6.51. The number of rotatable bonds is 4. The molecule has 1 amide bonds. The summed E-state index contributed by atoms with van der Waals surface area (Å²) in [5.41, 5.74) is 1.92. The number of hydrogen-bond donors (Lipinski definition) is 1. The molecule has 5 rings (SSSR count). The molecule has 1 atom stereocenters. The van der Waals surface area contributed by atoms with Crippen LogP contribution in [0.3, 0.4) is 0 Å². The Morgan fingerprint density at radius 1 is 1.07 bits per heavy atom. The third kappa shape index (κ3) is 3.28. The van der Waals surface area contributed by atoms with E-state index in [4.69, 9.17) is 4.98 Å². The predicted octanol–water partition coefficient (Wildman–Crippen LogP) is 5.23. The normalized spacial score (nSPS) is 17.4. The molecule has 1 aliphatic heterocycles. The quantitative estimate of drug-likeness (QED) is 0.522. The van der Waals surface area contributed by atoms with Gasteiger partial charge in [-0.25, -0.2) is 4.98 Å². The number of anilines is 1. The smallest absolute Gasteiger partial charge is 0.238 e. The summed E-state index contributed by atoms with van der Waals surface area (Å²) in [6, 6.07) is 22.6. The number of aromatic nitrogens is 1. The van der Waals surface area contributed by atoms with Crippen LogP contribution in [0.2, 0.25) is 0 Å². The van der Waals surface area contributed by atoms with E-state index in [9.17, 15) is 4.79 Å². The lowest BCUT2D eigenvalue weighted by molar-refractivity contribution is -0.117. The van der Waals surface area contributed by atoms with Crippen LogP contribution in [0, 0.1) is 0 Å². The lowest BCUT2D eigenvalue weighted by Gasteiger charge is -2.22. The van der Waals surface area contributed by atoms with Gasteiger partial charge in [-0.15, -0.1) is 11.3 Å². The number of nitrogens with one attached hydrogen (secondary N) is 1. The minimum Gasteiger partial charge on any atom is -0.324 e. The van der Waals surface area contributed by atoms with E-state index in [0.717, 1.165) is 46.4 Å². The average molecular weight is 388 g/mol. The number of likely N-dealkylation sites (tertiary alicyclic amines) is 1. The fraction of sp³-hybridized carbons (Fsp3) is 0.217. The van der Waals surface area contributed by atoms with Crippen LogP contribution < -0.4 is 5.32 Å². The summed E-state index contributed by atoms with van der Waals surface area (Å²) in [4.78, 5) is 19.9. The van der Waals surface area contributed by atoms with Gasteiger partial charge in [-0.05, 0) is 43.0 Å². The molecular weight excluding hydrogens is 366 g/mol. The number of para-hydroxylation sites is 1. The molecule has 1 aromatic heterocycles. The van der Waals surface area contributed by atoms with E-state index >= 15 is 0 Å². The van der Waals surface area contributed by atoms with Crippen molar-refractivity contribution in [3.63, 3.8) is 0 Å². The second-order valence-corrected chi connectivity index (χ2v) is 8.29. The third-order valence-electron chi connectivity index (χ3n) is 5.37. The topological polar surface area (TPSA) is 45.2 Å². The van der Waals surface area contributed by atoms with Crippen molar-refractivity contribution >= 4 is 43.9 Å². The molecule has 4 aromatic rings. The number of carbonyl (C=O) groups excluding carboxylic acids is 1. The average Bonchev–Trinajstić information content (AvgIpc) is 3.34. The fourth-order valence-electron chi connectivity index (χ4n) is 4.04. The first kappa shape index (κ1) is 17.3. The van der Waals surface area contributed by atoms with Gasteiger partial charge >= 0.3 is 0 Å². The van der Waals surface area contributed by atoms with Gasteiger partial charge in [0.05, 0.1) is 22.8 Å². The van der Waals surface area contributed by atoms with Crippen LogP contribution in [-0.2, 0) is 4.79 Å². The fourth-order valence-corrected chi connectivity index (χ4v) is 5.17. The lowest BCUT2D eigenvalue weighted by Crippen LogP contribution is -2.32. The van der Waals surface area contributed by atoms with Gasteiger partial charge in [-0.1, -0.05) is 48.5 Å². The van der Waals surface area contributed by atoms with Crippen LogP contribution in [0.4, 0.5) is 5.69 Å². The van der Waals surface area contributed by atoms with Gasteiger partial charge in [-0.3, -0.25) is 9.69 Å². The van der Waals surface area contributed by atoms with E-state index < -0.39 is 0 Å². The predicted molar refractivity (Wildman–Crippen MR) is 116 cm³/mol. The molecule has 5 heteroatoms. The van der Waals surface area contributed by atoms with Gasteiger partial charge in [0.2, 0.25) is 5.91 Å². The molecule has 0 aliphatic carbocycles. The lowest BCUT2D eigenvalue weighted by atomic mass is 10.1. The van der Waals surface area contributed by atoms with Crippen molar-refractivity contribution < 1.29 is 4.79 Å². The Kier molecular flexibility index (Phi) is 4.55. The maximum atomic E-state index is 12.8. The van der Waals surface area contributed by atoms with Crippen molar-refractivity contribution in [2.75, 3.05) is 18.4 Å². The number of nitrogens with zero attached hydrogens (tertiary/aromatic N) is 2. The Balaban J connectivity index is 1.34. The second kappa shape index (κ2) is 7.34. The number of fused-ring (bicyclic) bond motifs is 2. The van der Waals surface area contributed by atoms with Crippen molar-refractivity contribution in [1.29, 1.82) is 0 Å². The van der Waals surface area contributed by atoms with Crippen LogP contribution in [0.5, 0.6) is 0 Å². The zero-order valence-corrected chi connectivity index (χ0v) is 16.3. The summed E-state index contributed by atoms with van der Waals surface area (Å²) in [6.45, 7) is 1.33. The van der Waals surface area contributed by atoms with Crippen LogP contribution in [0.25, 0.3) is 21.0 Å². The molecule has 0 radical (unpaired) electrons. The minimum absolute atomic E-state index is 0.0318. The molecule has 0 spiro atoms. The van der Waals surface area contributed by atoms with Crippen LogP contribution in [0.15, 0.2) is 66.7 Å². The number of carbonyl (C=O) groups is 1. The number of benzene rings is 3. The Labute approximate surface area is 167 Å². The Morgan fingerprint density at radius 3 is 2.82 bits per heavy atom. The molecule has 0 saturated carbocycles. The standard InChI is InChI=1S/C23H21N3OS/c27-22(24-18-11-5-8-16-7-1-2-9-17(16)18)15-26-14-6-12-20(26)23-25-19-10-3-4-13-21(19)28-23/h1-5,7-11,13,20H,6,12,14-15H2,(H,24,27)/t20-/m1/s1. The van der Waals surface area contributed by atoms with E-state index in [1.807, 2.05) is 42.5 Å². The van der Waals surface area contributed by atoms with Crippen molar-refractivity contribution in [1.82, 2.24) is 9.88 Å². The number of hydrogen-bond acceptors (Lipinski definition) is 4. The van der Waals surface area contributed by atoms with E-state index in [1.54, 1.807) is 11.3 Å². The van der Waals surface area contributed by atoms with Crippen LogP contribution in [-0.4, -0.2) is 28.9 Å². The van der Waals surface area contributed by atoms with Crippen molar-refractivity contribution in [2.45, 2.75) is 18.9 Å². The monoisotopic (exact) mass is 387 g/mol. The van der Waals surface area contributed by atoms with Gasteiger partial charge in [-0.2, -0.15) is 0 Å². The maximum absolute atomic E-state index is 12.8. The van der Waals surface area contributed by atoms with Gasteiger partial charge in [0.15, 0.2) is 0 Å². The Bertz CT molecular complexity index is 1110. The summed E-state index contributed by atoms with van der Waals surface area (Å²) in [5, 5.41) is 6.44. The highest BCUT2D eigenvalue weighted by atomic mass is 32.1. The summed E-state index contributed by atoms with van der Waals surface area (Å²) in [5.74, 6) is 0.0318. The van der Waals surface area contributed by atoms with Gasteiger partial charge in [0.1, 0.15) is 5.01 Å². The first-order chi connectivity index (χ1) is 13.8. The second-order valence-electron chi connectivity index (χ2n) is 7.22. The summed E-state index contributed by atoms with van der Waals surface area (Å²) in [7, 11) is 0. The SMILES string of the molecule is O=C(CN1CCC[C@@H]1c1nc2ccccc2s1)Nc1cccc2ccccc12. The molecule has 1 aliphatic rings. The first-order valence-corrected chi connectivity index (χ1v) is 10.5.